The van der Waals surface area contributed by atoms with Gasteiger partial charge in [0, 0.05) is 17.7 Å². The van der Waals surface area contributed by atoms with Crippen molar-refractivity contribution < 1.29 is 29.3 Å². The molecule has 2 fully saturated rings. The standard InChI is InChI=1S/C27H41NO6S2/c1-16-9-8-10-26(6)27(34-26,17(2)13-19-15-36-24(28-19)35-7)11-12-33-21(30)14-20(29)25(4,5)23(32)18(3)22(16)31/h13,15-16,18,20,22,29,31H,8-12,14H2,1-7H3. The number of carbonyl (C=O) groups excluding carboxylic acids is 2. The van der Waals surface area contributed by atoms with Gasteiger partial charge in [0.15, 0.2) is 0 Å². The molecule has 1 aromatic heterocycles. The highest BCUT2D eigenvalue weighted by molar-refractivity contribution is 8.00. The molecule has 2 saturated heterocycles. The first kappa shape index (κ1) is 29.3. The zero-order chi connectivity index (χ0) is 26.9. The maximum Gasteiger partial charge on any atom is 0.308 e. The van der Waals surface area contributed by atoms with E-state index in [9.17, 15) is 19.8 Å². The summed E-state index contributed by atoms with van der Waals surface area (Å²) in [6.07, 6.45) is 4.57. The number of epoxide rings is 1. The Labute approximate surface area is 223 Å². The van der Waals surface area contributed by atoms with Gasteiger partial charge in [-0.1, -0.05) is 45.9 Å². The van der Waals surface area contributed by atoms with Gasteiger partial charge in [-0.3, -0.25) is 9.59 Å². The largest absolute Gasteiger partial charge is 0.465 e. The number of aromatic nitrogens is 1. The molecule has 3 heterocycles. The summed E-state index contributed by atoms with van der Waals surface area (Å²) < 4.78 is 12.9. The highest BCUT2D eigenvalue weighted by Gasteiger charge is 2.66. The van der Waals surface area contributed by atoms with Crippen molar-refractivity contribution >= 4 is 40.9 Å². The summed E-state index contributed by atoms with van der Waals surface area (Å²) in [6.45, 7) is 11.2. The van der Waals surface area contributed by atoms with Crippen molar-refractivity contribution in [2.45, 2.75) is 101 Å². The van der Waals surface area contributed by atoms with Crippen LogP contribution in [0, 0.1) is 17.3 Å². The molecule has 7 nitrogen and oxygen atoms in total. The Balaban J connectivity index is 1.85. The Morgan fingerprint density at radius 2 is 1.92 bits per heavy atom. The lowest BCUT2D eigenvalue weighted by Crippen LogP contribution is -2.45. The van der Waals surface area contributed by atoms with Crippen molar-refractivity contribution in [2.75, 3.05) is 12.9 Å². The van der Waals surface area contributed by atoms with Gasteiger partial charge in [0.05, 0.1) is 41.9 Å². The fraction of sp³-hybridized carbons (Fsp3) is 0.741. The number of ether oxygens (including phenoxy) is 2. The number of rotatable bonds is 3. The molecule has 3 rings (SSSR count). The third-order valence-corrected chi connectivity index (χ3v) is 10.1. The fourth-order valence-electron chi connectivity index (χ4n) is 5.50. The first-order valence-corrected chi connectivity index (χ1v) is 14.8. The van der Waals surface area contributed by atoms with E-state index in [2.05, 4.69) is 11.9 Å². The number of Topliss-reactive ketones (excluding diaryl/α,β-unsaturated/α-hetero) is 1. The molecule has 0 amide bonds. The number of thioether (sulfide) groups is 1. The molecule has 1 aromatic rings. The predicted octanol–water partition coefficient (Wildman–Crippen LogP) is 4.89. The quantitative estimate of drug-likeness (QED) is 0.317. The number of hydrogen-bond donors (Lipinski definition) is 2. The van der Waals surface area contributed by atoms with Crippen LogP contribution >= 0.6 is 23.1 Å². The first-order chi connectivity index (χ1) is 16.8. The average Bonchev–Trinajstić information content (AvgIpc) is 3.17. The maximum absolute atomic E-state index is 13.1. The van der Waals surface area contributed by atoms with Crippen LogP contribution in [0.25, 0.3) is 6.08 Å². The molecule has 0 aromatic carbocycles. The van der Waals surface area contributed by atoms with E-state index in [1.54, 1.807) is 43.9 Å². The van der Waals surface area contributed by atoms with Crippen LogP contribution in [0.5, 0.6) is 0 Å². The molecular formula is C27H41NO6S2. The maximum atomic E-state index is 13.1. The van der Waals surface area contributed by atoms with E-state index < -0.39 is 40.7 Å². The SMILES string of the molecule is CSc1nc(C=C(C)C23CCOC(=O)CC(O)C(C)(C)C(=O)C(C)C(O)C(C)CCCC2(C)O3)cs1. The van der Waals surface area contributed by atoms with Crippen molar-refractivity contribution in [2.24, 2.45) is 17.3 Å². The second-order valence-electron chi connectivity index (χ2n) is 11.2. The zero-order valence-electron chi connectivity index (χ0n) is 22.5. The van der Waals surface area contributed by atoms with Crippen molar-refractivity contribution in [3.8, 4) is 0 Å². The van der Waals surface area contributed by atoms with Gasteiger partial charge >= 0.3 is 5.97 Å². The number of carbonyl (C=O) groups is 2. The third kappa shape index (κ3) is 5.90. The number of aliphatic hydroxyl groups is 2. The average molecular weight is 540 g/mol. The molecule has 2 N–H and O–H groups in total. The molecule has 6 unspecified atom stereocenters. The predicted molar refractivity (Wildman–Crippen MR) is 143 cm³/mol. The Kier molecular flexibility index (Phi) is 9.14. The minimum Gasteiger partial charge on any atom is -0.465 e. The monoisotopic (exact) mass is 539 g/mol. The lowest BCUT2D eigenvalue weighted by molar-refractivity contribution is -0.151. The van der Waals surface area contributed by atoms with Gasteiger partial charge in [-0.25, -0.2) is 4.98 Å². The van der Waals surface area contributed by atoms with Gasteiger partial charge in [0.1, 0.15) is 15.7 Å². The smallest absolute Gasteiger partial charge is 0.308 e. The van der Waals surface area contributed by atoms with E-state index in [0.717, 1.165) is 34.9 Å². The van der Waals surface area contributed by atoms with Crippen LogP contribution in [0.4, 0.5) is 0 Å². The molecule has 2 aliphatic rings. The van der Waals surface area contributed by atoms with E-state index >= 15 is 0 Å². The number of nitrogens with zero attached hydrogens (tertiary/aromatic N) is 1. The number of esters is 1. The number of thiazole rings is 1. The normalized spacial score (nSPS) is 36.8. The van der Waals surface area contributed by atoms with Gasteiger partial charge in [0.25, 0.3) is 0 Å². The minimum atomic E-state index is -1.20. The van der Waals surface area contributed by atoms with Crippen molar-refractivity contribution in [1.82, 2.24) is 4.98 Å². The first-order valence-electron chi connectivity index (χ1n) is 12.7. The number of aliphatic hydroxyl groups excluding tert-OH is 2. The Hall–Kier alpha value is -1.26. The minimum absolute atomic E-state index is 0.0943. The summed E-state index contributed by atoms with van der Waals surface area (Å²) in [4.78, 5) is 30.3. The summed E-state index contributed by atoms with van der Waals surface area (Å²) in [5.41, 5.74) is -0.259. The van der Waals surface area contributed by atoms with E-state index in [4.69, 9.17) is 9.47 Å². The van der Waals surface area contributed by atoms with Crippen LogP contribution in [0.15, 0.2) is 15.3 Å². The molecule has 36 heavy (non-hydrogen) atoms. The van der Waals surface area contributed by atoms with Crippen LogP contribution in [-0.4, -0.2) is 63.2 Å². The van der Waals surface area contributed by atoms with Gasteiger partial charge < -0.3 is 19.7 Å². The van der Waals surface area contributed by atoms with Crippen molar-refractivity contribution in [3.05, 3.63) is 16.6 Å². The van der Waals surface area contributed by atoms with Gasteiger partial charge in [-0.05, 0) is 50.5 Å². The Bertz CT molecular complexity index is 991. The van der Waals surface area contributed by atoms with Gasteiger partial charge in [-0.2, -0.15) is 0 Å². The molecule has 2 aliphatic heterocycles. The molecule has 0 radical (unpaired) electrons. The second-order valence-corrected chi connectivity index (χ2v) is 13.1. The van der Waals surface area contributed by atoms with E-state index in [0.29, 0.717) is 6.42 Å². The molecule has 0 spiro atoms. The van der Waals surface area contributed by atoms with E-state index in [-0.39, 0.29) is 24.7 Å². The number of cyclic esters (lactones) is 1. The Morgan fingerprint density at radius 1 is 1.22 bits per heavy atom. The lowest BCUT2D eigenvalue weighted by atomic mass is 9.72. The molecule has 202 valence electrons. The summed E-state index contributed by atoms with van der Waals surface area (Å²) in [5, 5.41) is 23.7. The van der Waals surface area contributed by atoms with E-state index in [1.807, 2.05) is 31.6 Å². The summed E-state index contributed by atoms with van der Waals surface area (Å²) in [7, 11) is 0. The fourth-order valence-corrected chi connectivity index (χ4v) is 6.73. The van der Waals surface area contributed by atoms with Crippen LogP contribution in [0.2, 0.25) is 0 Å². The topological polar surface area (TPSA) is 109 Å². The number of hydrogen-bond acceptors (Lipinski definition) is 9. The molecular weight excluding hydrogens is 498 g/mol. The van der Waals surface area contributed by atoms with Crippen molar-refractivity contribution in [1.29, 1.82) is 0 Å². The van der Waals surface area contributed by atoms with Gasteiger partial charge in [0.2, 0.25) is 0 Å². The van der Waals surface area contributed by atoms with Gasteiger partial charge in [-0.15, -0.1) is 11.3 Å². The van der Waals surface area contributed by atoms with Crippen LogP contribution in [0.3, 0.4) is 0 Å². The highest BCUT2D eigenvalue weighted by atomic mass is 32.2. The highest BCUT2D eigenvalue weighted by Crippen LogP contribution is 2.58. The van der Waals surface area contributed by atoms with Crippen LogP contribution in [0.1, 0.15) is 79.3 Å². The molecule has 9 heteroatoms. The van der Waals surface area contributed by atoms with E-state index in [1.165, 1.54) is 0 Å². The lowest BCUT2D eigenvalue weighted by Gasteiger charge is -2.34. The summed E-state index contributed by atoms with van der Waals surface area (Å²) >= 11 is 3.21. The Morgan fingerprint density at radius 3 is 2.56 bits per heavy atom. The number of fused-ring (bicyclic) bond motifs is 1. The zero-order valence-corrected chi connectivity index (χ0v) is 24.1. The van der Waals surface area contributed by atoms with Crippen molar-refractivity contribution in [3.63, 3.8) is 0 Å². The molecule has 0 saturated carbocycles. The summed E-state index contributed by atoms with van der Waals surface area (Å²) in [5.74, 6) is -1.56. The van der Waals surface area contributed by atoms with Crippen LogP contribution < -0.4 is 0 Å². The summed E-state index contributed by atoms with van der Waals surface area (Å²) in [6, 6.07) is 0. The third-order valence-electron chi connectivity index (χ3n) is 8.26. The number of ketones is 1. The molecule has 6 atom stereocenters. The molecule has 0 aliphatic carbocycles. The van der Waals surface area contributed by atoms with Crippen LogP contribution in [-0.2, 0) is 19.1 Å². The second kappa shape index (κ2) is 11.2. The molecule has 0 bridgehead atoms.